The molecule has 1 aromatic heterocycles. The SMILES string of the molecule is Cc1ccc(OCC(=O)Oc2ccc3c(=O)c(Oc4ccccc4Cl)c(C(F)(F)F)oc3c2)cc1C. The molecular weight excluding hydrogens is 501 g/mol. The van der Waals surface area contributed by atoms with Crippen molar-refractivity contribution in [1.29, 1.82) is 0 Å². The van der Waals surface area contributed by atoms with Gasteiger partial charge < -0.3 is 18.6 Å². The quantitative estimate of drug-likeness (QED) is 0.205. The zero-order valence-electron chi connectivity index (χ0n) is 18.9. The van der Waals surface area contributed by atoms with Gasteiger partial charge in [-0.15, -0.1) is 0 Å². The Morgan fingerprint density at radius 3 is 2.39 bits per heavy atom. The lowest BCUT2D eigenvalue weighted by Gasteiger charge is -2.14. The smallest absolute Gasteiger partial charge is 0.453 e. The van der Waals surface area contributed by atoms with Crippen LogP contribution in [0.2, 0.25) is 5.02 Å². The third kappa shape index (κ3) is 5.46. The first-order chi connectivity index (χ1) is 17.0. The molecule has 6 nitrogen and oxygen atoms in total. The summed E-state index contributed by atoms with van der Waals surface area (Å²) in [6.45, 7) is 3.38. The summed E-state index contributed by atoms with van der Waals surface area (Å²) in [6, 6.07) is 14.5. The van der Waals surface area contributed by atoms with Gasteiger partial charge >= 0.3 is 12.1 Å². The number of halogens is 4. The summed E-state index contributed by atoms with van der Waals surface area (Å²) >= 11 is 5.96. The average Bonchev–Trinajstić information content (AvgIpc) is 2.82. The summed E-state index contributed by atoms with van der Waals surface area (Å²) in [7, 11) is 0. The van der Waals surface area contributed by atoms with Crippen molar-refractivity contribution in [3.63, 3.8) is 0 Å². The first-order valence-corrected chi connectivity index (χ1v) is 10.9. The zero-order chi connectivity index (χ0) is 26.0. The Morgan fingerprint density at radius 1 is 0.972 bits per heavy atom. The van der Waals surface area contributed by atoms with E-state index in [1.165, 1.54) is 30.3 Å². The average molecular weight is 519 g/mol. The third-order valence-corrected chi connectivity index (χ3v) is 5.51. The fourth-order valence-corrected chi connectivity index (χ4v) is 3.42. The van der Waals surface area contributed by atoms with Gasteiger partial charge in [-0.1, -0.05) is 29.8 Å². The third-order valence-electron chi connectivity index (χ3n) is 5.20. The number of rotatable bonds is 6. The van der Waals surface area contributed by atoms with E-state index in [1.54, 1.807) is 18.2 Å². The number of fused-ring (bicyclic) bond motifs is 1. The van der Waals surface area contributed by atoms with Crippen molar-refractivity contribution in [1.82, 2.24) is 0 Å². The highest BCUT2D eigenvalue weighted by molar-refractivity contribution is 6.32. The van der Waals surface area contributed by atoms with Gasteiger partial charge in [0.2, 0.25) is 11.2 Å². The first kappa shape index (κ1) is 25.1. The number of ether oxygens (including phenoxy) is 3. The molecule has 0 saturated heterocycles. The van der Waals surface area contributed by atoms with Crippen LogP contribution in [0.1, 0.15) is 16.9 Å². The highest BCUT2D eigenvalue weighted by atomic mass is 35.5. The van der Waals surface area contributed by atoms with E-state index in [9.17, 15) is 22.8 Å². The van der Waals surface area contributed by atoms with Crippen LogP contribution in [0.3, 0.4) is 0 Å². The first-order valence-electron chi connectivity index (χ1n) is 10.5. The van der Waals surface area contributed by atoms with E-state index in [1.807, 2.05) is 19.9 Å². The highest BCUT2D eigenvalue weighted by Crippen LogP contribution is 2.39. The van der Waals surface area contributed by atoms with E-state index in [-0.39, 0.29) is 21.9 Å². The molecule has 186 valence electrons. The minimum Gasteiger partial charge on any atom is -0.482 e. The van der Waals surface area contributed by atoms with Crippen molar-refractivity contribution in [2.45, 2.75) is 20.0 Å². The Hall–Kier alpha value is -3.98. The molecule has 0 aliphatic carbocycles. The van der Waals surface area contributed by atoms with E-state index in [2.05, 4.69) is 0 Å². The Morgan fingerprint density at radius 2 is 1.69 bits per heavy atom. The standard InChI is InChI=1S/C26H18ClF3O6/c1-14-7-8-16(11-15(14)2)33-13-22(31)34-17-9-10-18-21(12-17)36-25(26(28,29)30)24(23(18)32)35-20-6-4-3-5-19(20)27/h3-12H,13H2,1-2H3. The molecule has 0 unspecified atom stereocenters. The van der Waals surface area contributed by atoms with E-state index in [4.69, 9.17) is 30.2 Å². The second-order valence-corrected chi connectivity index (χ2v) is 8.19. The normalized spacial score (nSPS) is 11.4. The second-order valence-electron chi connectivity index (χ2n) is 7.79. The number of alkyl halides is 3. The number of aryl methyl sites for hydroxylation is 2. The van der Waals surface area contributed by atoms with E-state index in [0.717, 1.165) is 17.2 Å². The van der Waals surface area contributed by atoms with Gasteiger partial charge in [0.05, 0.1) is 10.4 Å². The van der Waals surface area contributed by atoms with Crippen molar-refractivity contribution in [2.24, 2.45) is 0 Å². The summed E-state index contributed by atoms with van der Waals surface area (Å²) in [6.07, 6.45) is -5.06. The molecule has 1 heterocycles. The van der Waals surface area contributed by atoms with E-state index in [0.29, 0.717) is 5.75 Å². The van der Waals surface area contributed by atoms with Gasteiger partial charge in [-0.25, -0.2) is 4.79 Å². The minimum atomic E-state index is -5.06. The number of carbonyl (C=O) groups excluding carboxylic acids is 1. The maximum atomic E-state index is 13.7. The summed E-state index contributed by atoms with van der Waals surface area (Å²) in [5.41, 5.74) is 0.517. The molecule has 0 aliphatic heterocycles. The van der Waals surface area contributed by atoms with Crippen LogP contribution < -0.4 is 19.6 Å². The molecule has 0 N–H and O–H groups in total. The Balaban J connectivity index is 1.61. The number of benzene rings is 3. The zero-order valence-corrected chi connectivity index (χ0v) is 19.7. The van der Waals surface area contributed by atoms with Crippen LogP contribution in [0.15, 0.2) is 69.9 Å². The number of hydrogen-bond donors (Lipinski definition) is 0. The predicted molar refractivity (Wildman–Crippen MR) is 126 cm³/mol. The largest absolute Gasteiger partial charge is 0.482 e. The molecule has 10 heteroatoms. The number of carbonyl (C=O) groups is 1. The van der Waals surface area contributed by atoms with Crippen LogP contribution >= 0.6 is 11.6 Å². The van der Waals surface area contributed by atoms with E-state index < -0.39 is 41.3 Å². The highest BCUT2D eigenvalue weighted by Gasteiger charge is 2.40. The van der Waals surface area contributed by atoms with Crippen LogP contribution in [0.25, 0.3) is 11.0 Å². The Kier molecular flexibility index (Phi) is 6.94. The lowest BCUT2D eigenvalue weighted by molar-refractivity contribution is -0.154. The van der Waals surface area contributed by atoms with Gasteiger partial charge in [-0.2, -0.15) is 13.2 Å². The molecule has 0 fully saturated rings. The fourth-order valence-electron chi connectivity index (χ4n) is 3.24. The summed E-state index contributed by atoms with van der Waals surface area (Å²) in [5.74, 6) is -3.33. The Labute approximate surface area is 207 Å². The molecule has 0 aliphatic rings. The van der Waals surface area contributed by atoms with Crippen molar-refractivity contribution in [2.75, 3.05) is 6.61 Å². The molecule has 4 rings (SSSR count). The predicted octanol–water partition coefficient (Wildman–Crippen LogP) is 6.86. The van der Waals surface area contributed by atoms with Gasteiger partial charge in [0.15, 0.2) is 6.61 Å². The molecule has 0 bridgehead atoms. The molecular formula is C26H18ClF3O6. The van der Waals surface area contributed by atoms with Gasteiger partial charge in [-0.05, 0) is 61.4 Å². The number of esters is 1. The number of hydrogen-bond acceptors (Lipinski definition) is 6. The summed E-state index contributed by atoms with van der Waals surface area (Å²) < 4.78 is 62.0. The van der Waals surface area contributed by atoms with Crippen LogP contribution in [0.4, 0.5) is 13.2 Å². The molecule has 0 spiro atoms. The van der Waals surface area contributed by atoms with Crippen molar-refractivity contribution in [3.8, 4) is 23.0 Å². The van der Waals surface area contributed by atoms with Crippen LogP contribution in [-0.4, -0.2) is 12.6 Å². The van der Waals surface area contributed by atoms with Gasteiger partial charge in [-0.3, -0.25) is 4.79 Å². The molecule has 0 radical (unpaired) electrons. The summed E-state index contributed by atoms with van der Waals surface area (Å²) in [4.78, 5) is 25.1. The summed E-state index contributed by atoms with van der Waals surface area (Å²) in [5, 5.41) is -0.202. The molecule has 0 atom stereocenters. The molecule has 0 saturated carbocycles. The molecule has 3 aromatic carbocycles. The lowest BCUT2D eigenvalue weighted by Crippen LogP contribution is -2.18. The Bertz CT molecular complexity index is 1510. The van der Waals surface area contributed by atoms with Gasteiger partial charge in [0.1, 0.15) is 22.8 Å². The molecule has 0 amide bonds. The maximum absolute atomic E-state index is 13.7. The van der Waals surface area contributed by atoms with Gasteiger partial charge in [0.25, 0.3) is 5.76 Å². The molecule has 4 aromatic rings. The van der Waals surface area contributed by atoms with Crippen molar-refractivity contribution < 1.29 is 36.6 Å². The van der Waals surface area contributed by atoms with Crippen LogP contribution in [0, 0.1) is 13.8 Å². The monoisotopic (exact) mass is 518 g/mol. The topological polar surface area (TPSA) is 75.0 Å². The number of para-hydroxylation sites is 1. The second kappa shape index (κ2) is 9.94. The van der Waals surface area contributed by atoms with Gasteiger partial charge in [0, 0.05) is 6.07 Å². The fraction of sp³-hybridized carbons (Fsp3) is 0.154. The lowest BCUT2D eigenvalue weighted by atomic mass is 10.1. The maximum Gasteiger partial charge on any atom is 0.453 e. The van der Waals surface area contributed by atoms with Crippen molar-refractivity contribution in [3.05, 3.63) is 92.8 Å². The van der Waals surface area contributed by atoms with Crippen LogP contribution in [0.5, 0.6) is 23.0 Å². The molecule has 36 heavy (non-hydrogen) atoms. The van der Waals surface area contributed by atoms with Crippen LogP contribution in [-0.2, 0) is 11.0 Å². The van der Waals surface area contributed by atoms with E-state index >= 15 is 0 Å². The van der Waals surface area contributed by atoms with Crippen molar-refractivity contribution >= 4 is 28.5 Å². The minimum absolute atomic E-state index is 0.00963.